The number of halogens is 2. The van der Waals surface area contributed by atoms with E-state index in [1.54, 1.807) is 6.92 Å². The third-order valence-corrected chi connectivity index (χ3v) is 2.98. The van der Waals surface area contributed by atoms with E-state index in [-0.39, 0.29) is 18.8 Å². The first-order valence-corrected chi connectivity index (χ1v) is 5.99. The molecule has 0 aliphatic carbocycles. The Morgan fingerprint density at radius 2 is 2.16 bits per heavy atom. The molecule has 1 aromatic rings. The molecule has 1 aromatic carbocycles. The van der Waals surface area contributed by atoms with Gasteiger partial charge < -0.3 is 15.6 Å². The lowest BCUT2D eigenvalue weighted by molar-refractivity contribution is -0.143. The second-order valence-corrected chi connectivity index (χ2v) is 4.34. The zero-order chi connectivity index (χ0) is 14.5. The van der Waals surface area contributed by atoms with Crippen molar-refractivity contribution in [2.24, 2.45) is 5.73 Å². The van der Waals surface area contributed by atoms with Gasteiger partial charge in [0.15, 0.2) is 11.6 Å². The second kappa shape index (κ2) is 6.47. The molecule has 0 saturated heterocycles. The van der Waals surface area contributed by atoms with Crippen molar-refractivity contribution in [3.05, 3.63) is 29.8 Å². The van der Waals surface area contributed by atoms with E-state index >= 15 is 0 Å². The number of hydrogen-bond donors (Lipinski definition) is 2. The first kappa shape index (κ1) is 15.4. The third-order valence-electron chi connectivity index (χ3n) is 2.98. The van der Waals surface area contributed by atoms with Crippen molar-refractivity contribution in [1.82, 2.24) is 0 Å². The Labute approximate surface area is 110 Å². The molecule has 0 heterocycles. The van der Waals surface area contributed by atoms with Crippen LogP contribution in [0.15, 0.2) is 18.2 Å². The van der Waals surface area contributed by atoms with Gasteiger partial charge in [-0.3, -0.25) is 4.79 Å². The summed E-state index contributed by atoms with van der Waals surface area (Å²) < 4.78 is 31.0. The summed E-state index contributed by atoms with van der Waals surface area (Å²) in [7, 11) is 0. The summed E-state index contributed by atoms with van der Waals surface area (Å²) in [6.07, 6.45) is 0.891. The van der Waals surface area contributed by atoms with Crippen molar-refractivity contribution >= 4 is 5.97 Å². The molecule has 0 saturated carbocycles. The van der Waals surface area contributed by atoms with E-state index in [1.165, 1.54) is 6.07 Å². The monoisotopic (exact) mass is 273 g/mol. The summed E-state index contributed by atoms with van der Waals surface area (Å²) in [6, 6.07) is 3.01. The summed E-state index contributed by atoms with van der Waals surface area (Å²) >= 11 is 0. The van der Waals surface area contributed by atoms with Gasteiger partial charge in [0, 0.05) is 6.07 Å². The van der Waals surface area contributed by atoms with E-state index in [9.17, 15) is 13.6 Å². The molecule has 0 aliphatic heterocycles. The van der Waals surface area contributed by atoms with Crippen LogP contribution in [0.5, 0.6) is 5.75 Å². The number of hydrogen-bond acceptors (Lipinski definition) is 3. The molecular weight excluding hydrogens is 256 g/mol. The quantitative estimate of drug-likeness (QED) is 0.748. The molecule has 19 heavy (non-hydrogen) atoms. The predicted molar refractivity (Wildman–Crippen MR) is 65.9 cm³/mol. The Balaban J connectivity index is 2.45. The summed E-state index contributed by atoms with van der Waals surface area (Å²) in [5.74, 6) is -2.59. The number of benzene rings is 1. The highest BCUT2D eigenvalue weighted by atomic mass is 19.1. The maximum Gasteiger partial charge on any atom is 0.323 e. The molecule has 3 N–H and O–H groups in total. The second-order valence-electron chi connectivity index (χ2n) is 4.34. The minimum atomic E-state index is -1.29. The zero-order valence-corrected chi connectivity index (χ0v) is 10.7. The van der Waals surface area contributed by atoms with Crippen LogP contribution in [0.25, 0.3) is 0 Å². The van der Waals surface area contributed by atoms with Crippen LogP contribution in [0, 0.1) is 11.6 Å². The molecule has 106 valence electrons. The Morgan fingerprint density at radius 1 is 1.47 bits per heavy atom. The van der Waals surface area contributed by atoms with Crippen LogP contribution in [0.2, 0.25) is 0 Å². The maximum absolute atomic E-state index is 13.2. The van der Waals surface area contributed by atoms with Gasteiger partial charge >= 0.3 is 5.97 Å². The first-order chi connectivity index (χ1) is 8.89. The Kier molecular flexibility index (Phi) is 5.23. The molecule has 0 aliphatic rings. The molecule has 0 bridgehead atoms. The van der Waals surface area contributed by atoms with Gasteiger partial charge in [-0.2, -0.15) is 0 Å². The highest BCUT2D eigenvalue weighted by Gasteiger charge is 2.31. The molecule has 1 rings (SSSR count). The first-order valence-electron chi connectivity index (χ1n) is 5.99. The molecular formula is C13H17F2NO3. The van der Waals surface area contributed by atoms with Crippen LogP contribution in [0.4, 0.5) is 8.78 Å². The van der Waals surface area contributed by atoms with Crippen LogP contribution >= 0.6 is 0 Å². The van der Waals surface area contributed by atoms with Crippen molar-refractivity contribution in [3.63, 3.8) is 0 Å². The average molecular weight is 273 g/mol. The molecule has 0 amide bonds. The van der Waals surface area contributed by atoms with Gasteiger partial charge in [0.2, 0.25) is 0 Å². The minimum Gasteiger partial charge on any atom is -0.491 e. The van der Waals surface area contributed by atoms with E-state index in [0.717, 1.165) is 12.1 Å². The largest absolute Gasteiger partial charge is 0.491 e. The normalized spacial score (nSPS) is 13.9. The maximum atomic E-state index is 13.2. The Hall–Kier alpha value is -1.69. The molecule has 4 nitrogen and oxygen atoms in total. The average Bonchev–Trinajstić information content (AvgIpc) is 2.36. The summed E-state index contributed by atoms with van der Waals surface area (Å²) in [5, 5.41) is 8.96. The highest BCUT2D eigenvalue weighted by Crippen LogP contribution is 2.19. The van der Waals surface area contributed by atoms with Gasteiger partial charge in [-0.25, -0.2) is 8.78 Å². The minimum absolute atomic E-state index is 0.0594. The fourth-order valence-corrected chi connectivity index (χ4v) is 1.60. The Bertz CT molecular complexity index is 454. The SMILES string of the molecule is CCC(N)(CCCOc1ccc(F)cc1F)C(=O)O. The number of rotatable bonds is 7. The summed E-state index contributed by atoms with van der Waals surface area (Å²) in [5.41, 5.74) is 4.40. The van der Waals surface area contributed by atoms with Crippen molar-refractivity contribution in [1.29, 1.82) is 0 Å². The van der Waals surface area contributed by atoms with Crippen LogP contribution in [0.3, 0.4) is 0 Å². The number of carboxylic acids is 1. The van der Waals surface area contributed by atoms with Gasteiger partial charge in [0.1, 0.15) is 11.4 Å². The van der Waals surface area contributed by atoms with Crippen molar-refractivity contribution in [3.8, 4) is 5.75 Å². The number of carboxylic acid groups (broad SMARTS) is 1. The molecule has 0 radical (unpaired) electrons. The fourth-order valence-electron chi connectivity index (χ4n) is 1.60. The lowest BCUT2D eigenvalue weighted by Crippen LogP contribution is -2.47. The van der Waals surface area contributed by atoms with Gasteiger partial charge in [-0.15, -0.1) is 0 Å². The molecule has 0 aromatic heterocycles. The number of aliphatic carboxylic acids is 1. The topological polar surface area (TPSA) is 72.5 Å². The van der Waals surface area contributed by atoms with Crippen molar-refractivity contribution < 1.29 is 23.4 Å². The molecule has 1 atom stereocenters. The van der Waals surface area contributed by atoms with Gasteiger partial charge in [-0.1, -0.05) is 6.92 Å². The summed E-state index contributed by atoms with van der Waals surface area (Å²) in [6.45, 7) is 1.81. The smallest absolute Gasteiger partial charge is 0.323 e. The Morgan fingerprint density at radius 3 is 2.68 bits per heavy atom. The lowest BCUT2D eigenvalue weighted by Gasteiger charge is -2.22. The van der Waals surface area contributed by atoms with E-state index in [4.69, 9.17) is 15.6 Å². The van der Waals surface area contributed by atoms with Crippen LogP contribution in [-0.2, 0) is 4.79 Å². The van der Waals surface area contributed by atoms with Crippen LogP contribution < -0.4 is 10.5 Å². The predicted octanol–water partition coefficient (Wildman–Crippen LogP) is 2.32. The highest BCUT2D eigenvalue weighted by molar-refractivity contribution is 5.78. The van der Waals surface area contributed by atoms with Crippen molar-refractivity contribution in [2.45, 2.75) is 31.7 Å². The summed E-state index contributed by atoms with van der Waals surface area (Å²) in [4.78, 5) is 10.9. The van der Waals surface area contributed by atoms with Crippen LogP contribution in [0.1, 0.15) is 26.2 Å². The van der Waals surface area contributed by atoms with Gasteiger partial charge in [0.25, 0.3) is 0 Å². The van der Waals surface area contributed by atoms with Crippen LogP contribution in [-0.4, -0.2) is 23.2 Å². The molecule has 0 fully saturated rings. The van der Waals surface area contributed by atoms with Gasteiger partial charge in [-0.05, 0) is 31.4 Å². The fraction of sp³-hybridized carbons (Fsp3) is 0.462. The van der Waals surface area contributed by atoms with E-state index in [2.05, 4.69) is 0 Å². The number of ether oxygens (including phenoxy) is 1. The van der Waals surface area contributed by atoms with E-state index in [0.29, 0.717) is 12.8 Å². The van der Waals surface area contributed by atoms with Crippen molar-refractivity contribution in [2.75, 3.05) is 6.61 Å². The molecule has 0 spiro atoms. The standard InChI is InChI=1S/C13H17F2NO3/c1-2-13(16,12(17)18)6-3-7-19-11-5-4-9(14)8-10(11)15/h4-5,8H,2-3,6-7,16H2,1H3,(H,17,18). The lowest BCUT2D eigenvalue weighted by atomic mass is 9.92. The van der Waals surface area contributed by atoms with E-state index < -0.39 is 23.1 Å². The zero-order valence-electron chi connectivity index (χ0n) is 10.7. The number of carbonyl (C=O) groups is 1. The molecule has 6 heteroatoms. The third kappa shape index (κ3) is 4.17. The number of nitrogens with two attached hydrogens (primary N) is 1. The van der Waals surface area contributed by atoms with E-state index in [1.807, 2.05) is 0 Å². The van der Waals surface area contributed by atoms with Gasteiger partial charge in [0.05, 0.1) is 6.61 Å². The molecule has 1 unspecified atom stereocenters.